The summed E-state index contributed by atoms with van der Waals surface area (Å²) in [5.41, 5.74) is 2.18. The summed E-state index contributed by atoms with van der Waals surface area (Å²) in [6.45, 7) is 1.59. The van der Waals surface area contributed by atoms with E-state index in [-0.39, 0.29) is 5.91 Å². The van der Waals surface area contributed by atoms with Crippen LogP contribution in [-0.2, 0) is 10.5 Å². The van der Waals surface area contributed by atoms with Crippen LogP contribution in [0.25, 0.3) is 10.6 Å². The Morgan fingerprint density at radius 3 is 2.80 bits per heavy atom. The van der Waals surface area contributed by atoms with E-state index in [1.54, 1.807) is 34.9 Å². The molecular formula is C17H16N4OS3. The number of carbonyl (C=O) groups is 1. The lowest BCUT2D eigenvalue weighted by Gasteiger charge is -2.15. The van der Waals surface area contributed by atoms with Crippen molar-refractivity contribution in [3.63, 3.8) is 0 Å². The van der Waals surface area contributed by atoms with E-state index in [9.17, 15) is 4.79 Å². The first kappa shape index (κ1) is 16.7. The molecule has 0 unspecified atom stereocenters. The van der Waals surface area contributed by atoms with E-state index in [1.807, 2.05) is 18.2 Å². The van der Waals surface area contributed by atoms with E-state index in [0.717, 1.165) is 39.2 Å². The fourth-order valence-corrected chi connectivity index (χ4v) is 5.24. The van der Waals surface area contributed by atoms with Crippen LogP contribution in [0.5, 0.6) is 0 Å². The zero-order valence-corrected chi connectivity index (χ0v) is 16.0. The van der Waals surface area contributed by atoms with E-state index in [0.29, 0.717) is 11.2 Å². The minimum Gasteiger partial charge on any atom is -0.284 e. The lowest BCUT2D eigenvalue weighted by atomic mass is 10.2. The summed E-state index contributed by atoms with van der Waals surface area (Å²) in [6.07, 6.45) is 2.12. The summed E-state index contributed by atoms with van der Waals surface area (Å²) in [5.74, 6) is 0.795. The van der Waals surface area contributed by atoms with Crippen LogP contribution < -0.4 is 4.90 Å². The van der Waals surface area contributed by atoms with Gasteiger partial charge in [-0.2, -0.15) is 0 Å². The van der Waals surface area contributed by atoms with Crippen molar-refractivity contribution in [1.29, 1.82) is 0 Å². The lowest BCUT2D eigenvalue weighted by Crippen LogP contribution is -2.30. The van der Waals surface area contributed by atoms with Crippen molar-refractivity contribution < 1.29 is 4.79 Å². The monoisotopic (exact) mass is 388 g/mol. The number of nitrogens with zero attached hydrogens (tertiary/aromatic N) is 4. The molecule has 5 nitrogen and oxygen atoms in total. The summed E-state index contributed by atoms with van der Waals surface area (Å²) in [6, 6.07) is 10.5. The van der Waals surface area contributed by atoms with Gasteiger partial charge in [0.2, 0.25) is 11.0 Å². The van der Waals surface area contributed by atoms with Gasteiger partial charge in [0.15, 0.2) is 4.34 Å². The molecule has 0 spiro atoms. The third-order valence-corrected chi connectivity index (χ3v) is 6.80. The average Bonchev–Trinajstić information content (AvgIpc) is 3.14. The maximum absolute atomic E-state index is 11.8. The molecule has 8 heteroatoms. The third-order valence-electron chi connectivity index (χ3n) is 3.77. The molecule has 3 aromatic rings. The molecule has 0 radical (unpaired) electrons. The number of anilines is 1. The van der Waals surface area contributed by atoms with Crippen LogP contribution in [-0.4, -0.2) is 27.1 Å². The molecule has 128 valence electrons. The smallest absolute Gasteiger partial charge is 0.225 e. The molecule has 0 N–H and O–H groups in total. The van der Waals surface area contributed by atoms with Gasteiger partial charge in [0.1, 0.15) is 5.01 Å². The highest BCUT2D eigenvalue weighted by Gasteiger charge is 2.34. The minimum atomic E-state index is 0.0437. The summed E-state index contributed by atoms with van der Waals surface area (Å²) in [5, 5.41) is 12.3. The minimum absolute atomic E-state index is 0.0437. The number of benzene rings is 1. The van der Waals surface area contributed by atoms with Gasteiger partial charge in [-0.3, -0.25) is 9.69 Å². The summed E-state index contributed by atoms with van der Waals surface area (Å²) < 4.78 is 0.871. The number of hydrogen-bond donors (Lipinski definition) is 0. The zero-order chi connectivity index (χ0) is 17.2. The van der Waals surface area contributed by atoms with Crippen LogP contribution in [0, 0.1) is 0 Å². The second-order valence-electron chi connectivity index (χ2n) is 5.77. The first-order valence-corrected chi connectivity index (χ1v) is 10.6. The quantitative estimate of drug-likeness (QED) is 0.461. The molecule has 2 heterocycles. The molecule has 1 amide bonds. The molecule has 1 aliphatic rings. The van der Waals surface area contributed by atoms with Crippen LogP contribution in [0.2, 0.25) is 0 Å². The van der Waals surface area contributed by atoms with E-state index in [1.165, 1.54) is 11.3 Å². The Morgan fingerprint density at radius 2 is 2.08 bits per heavy atom. The molecule has 25 heavy (non-hydrogen) atoms. The van der Waals surface area contributed by atoms with Gasteiger partial charge in [-0.1, -0.05) is 53.4 Å². The van der Waals surface area contributed by atoms with Gasteiger partial charge in [-0.15, -0.1) is 21.5 Å². The SMILES string of the molecule is CC(=O)N(c1nnc(SCc2csc(-c3ccccc3)n2)s1)C1CC1. The lowest BCUT2D eigenvalue weighted by molar-refractivity contribution is -0.116. The first-order chi connectivity index (χ1) is 12.2. The van der Waals surface area contributed by atoms with Crippen molar-refractivity contribution >= 4 is 45.5 Å². The molecular weight excluding hydrogens is 372 g/mol. The number of rotatable bonds is 6. The van der Waals surface area contributed by atoms with Gasteiger partial charge in [0.25, 0.3) is 0 Å². The molecule has 1 aliphatic carbocycles. The summed E-state index contributed by atoms with van der Waals surface area (Å²) in [7, 11) is 0. The highest BCUT2D eigenvalue weighted by Crippen LogP contribution is 2.36. The third kappa shape index (κ3) is 3.91. The average molecular weight is 389 g/mol. The molecule has 0 saturated heterocycles. The number of thiazole rings is 1. The molecule has 0 bridgehead atoms. The standard InChI is InChI=1S/C17H16N4OS3/c1-11(22)21(14-7-8-14)16-19-20-17(25-16)24-10-13-9-23-15(18-13)12-5-3-2-4-6-12/h2-6,9,14H,7-8,10H2,1H3. The number of amides is 1. The fraction of sp³-hybridized carbons (Fsp3) is 0.294. The maximum atomic E-state index is 11.8. The van der Waals surface area contributed by atoms with Crippen molar-refractivity contribution in [1.82, 2.24) is 15.2 Å². The second kappa shape index (κ2) is 7.23. The highest BCUT2D eigenvalue weighted by atomic mass is 32.2. The van der Waals surface area contributed by atoms with Crippen molar-refractivity contribution in [3.8, 4) is 10.6 Å². The van der Waals surface area contributed by atoms with Gasteiger partial charge in [0, 0.05) is 29.7 Å². The van der Waals surface area contributed by atoms with E-state index in [2.05, 4.69) is 27.7 Å². The van der Waals surface area contributed by atoms with Crippen LogP contribution in [0.4, 0.5) is 5.13 Å². The molecule has 1 aromatic carbocycles. The normalized spacial score (nSPS) is 13.8. The van der Waals surface area contributed by atoms with Crippen LogP contribution >= 0.6 is 34.4 Å². The topological polar surface area (TPSA) is 59.0 Å². The molecule has 4 rings (SSSR count). The maximum Gasteiger partial charge on any atom is 0.225 e. The van der Waals surface area contributed by atoms with E-state index in [4.69, 9.17) is 4.98 Å². The Balaban J connectivity index is 1.41. The molecule has 1 fully saturated rings. The predicted octanol–water partition coefficient (Wildman–Crippen LogP) is 4.47. The van der Waals surface area contributed by atoms with Crippen LogP contribution in [0.3, 0.4) is 0 Å². The number of aromatic nitrogens is 3. The fourth-order valence-electron chi connectivity index (χ4n) is 2.46. The molecule has 1 saturated carbocycles. The Labute approximate surface area is 158 Å². The second-order valence-corrected chi connectivity index (χ2v) is 8.81. The number of thioether (sulfide) groups is 1. The Bertz CT molecular complexity index is 873. The van der Waals surface area contributed by atoms with Gasteiger partial charge >= 0.3 is 0 Å². The first-order valence-electron chi connectivity index (χ1n) is 7.96. The number of hydrogen-bond acceptors (Lipinski definition) is 7. The van der Waals surface area contributed by atoms with Crippen molar-refractivity contribution in [2.45, 2.75) is 35.9 Å². The predicted molar refractivity (Wildman–Crippen MR) is 103 cm³/mol. The Hall–Kier alpha value is -1.77. The highest BCUT2D eigenvalue weighted by molar-refractivity contribution is 8.00. The van der Waals surface area contributed by atoms with Crippen molar-refractivity contribution in [2.75, 3.05) is 4.90 Å². The van der Waals surface area contributed by atoms with Crippen molar-refractivity contribution in [2.24, 2.45) is 0 Å². The summed E-state index contributed by atoms with van der Waals surface area (Å²) in [4.78, 5) is 18.3. The van der Waals surface area contributed by atoms with Gasteiger partial charge in [0.05, 0.1) is 5.69 Å². The van der Waals surface area contributed by atoms with Crippen LogP contribution in [0.15, 0.2) is 40.1 Å². The largest absolute Gasteiger partial charge is 0.284 e. The number of carbonyl (C=O) groups excluding carboxylic acids is 1. The van der Waals surface area contributed by atoms with Gasteiger partial charge < -0.3 is 0 Å². The van der Waals surface area contributed by atoms with Crippen LogP contribution in [0.1, 0.15) is 25.5 Å². The van der Waals surface area contributed by atoms with E-state index < -0.39 is 0 Å². The zero-order valence-electron chi connectivity index (χ0n) is 13.6. The van der Waals surface area contributed by atoms with E-state index >= 15 is 0 Å². The molecule has 2 aromatic heterocycles. The molecule has 0 aliphatic heterocycles. The molecule has 0 atom stereocenters. The van der Waals surface area contributed by atoms with Gasteiger partial charge in [-0.05, 0) is 12.8 Å². The Morgan fingerprint density at radius 1 is 1.28 bits per heavy atom. The van der Waals surface area contributed by atoms with Crippen molar-refractivity contribution in [3.05, 3.63) is 41.4 Å². The summed E-state index contributed by atoms with van der Waals surface area (Å²) >= 11 is 4.75. The Kier molecular flexibility index (Phi) is 4.82. The van der Waals surface area contributed by atoms with Gasteiger partial charge in [-0.25, -0.2) is 4.98 Å².